The number of rotatable bonds is 7. The van der Waals surface area contributed by atoms with Gasteiger partial charge >= 0.3 is 5.97 Å². The van der Waals surface area contributed by atoms with Gasteiger partial charge in [-0.25, -0.2) is 0 Å². The Hall–Kier alpha value is -2.89. The van der Waals surface area contributed by atoms with Crippen molar-refractivity contribution in [3.63, 3.8) is 0 Å². The number of carbonyl (C=O) groups is 1. The predicted molar refractivity (Wildman–Crippen MR) is 99.3 cm³/mol. The molecule has 136 valence electrons. The maximum atomic E-state index is 11.4. The summed E-state index contributed by atoms with van der Waals surface area (Å²) in [7, 11) is 0. The monoisotopic (exact) mass is 353 g/mol. The van der Waals surface area contributed by atoms with E-state index in [1.807, 2.05) is 50.2 Å². The van der Waals surface area contributed by atoms with E-state index < -0.39 is 0 Å². The van der Waals surface area contributed by atoms with Gasteiger partial charge in [0.2, 0.25) is 0 Å². The van der Waals surface area contributed by atoms with Gasteiger partial charge in [-0.05, 0) is 49.1 Å². The smallest absolute Gasteiger partial charge is 0.308 e. The molecule has 0 aliphatic heterocycles. The van der Waals surface area contributed by atoms with Crippen LogP contribution in [0, 0.1) is 5.92 Å². The first-order chi connectivity index (χ1) is 12.5. The molecule has 3 rings (SSSR count). The molecular weight excluding hydrogens is 330 g/mol. The Morgan fingerprint density at radius 3 is 2.46 bits per heavy atom. The van der Waals surface area contributed by atoms with Crippen LogP contribution in [0.1, 0.15) is 32.3 Å². The van der Waals surface area contributed by atoms with Gasteiger partial charge in [0.15, 0.2) is 0 Å². The van der Waals surface area contributed by atoms with Crippen LogP contribution < -0.4 is 0 Å². The zero-order valence-corrected chi connectivity index (χ0v) is 15.1. The zero-order chi connectivity index (χ0) is 18.5. The second-order valence-electron chi connectivity index (χ2n) is 6.58. The molecule has 0 unspecified atom stereocenters. The van der Waals surface area contributed by atoms with Crippen LogP contribution in [0.2, 0.25) is 0 Å². The van der Waals surface area contributed by atoms with Gasteiger partial charge in [-0.3, -0.25) is 4.79 Å². The average molecular weight is 353 g/mol. The van der Waals surface area contributed by atoms with E-state index >= 15 is 0 Å². The Kier molecular flexibility index (Phi) is 5.51. The van der Waals surface area contributed by atoms with Gasteiger partial charge < -0.3 is 9.84 Å². The molecule has 0 fully saturated rings. The Bertz CT molecular complexity index is 869. The lowest BCUT2D eigenvalue weighted by Crippen LogP contribution is -2.12. The van der Waals surface area contributed by atoms with Crippen molar-refractivity contribution < 1.29 is 14.6 Å². The summed E-state index contributed by atoms with van der Waals surface area (Å²) in [5.74, 6) is -0.111. The number of carbonyl (C=O) groups excluding carboxylic acids is 1. The van der Waals surface area contributed by atoms with Crippen LogP contribution in [0.15, 0.2) is 42.5 Å². The molecule has 6 nitrogen and oxygen atoms in total. The van der Waals surface area contributed by atoms with Gasteiger partial charge in [-0.1, -0.05) is 32.0 Å². The number of aromatic hydroxyl groups is 1. The fourth-order valence-corrected chi connectivity index (χ4v) is 2.62. The largest absolute Gasteiger partial charge is 0.506 e. The first-order valence-corrected chi connectivity index (χ1v) is 8.85. The summed E-state index contributed by atoms with van der Waals surface area (Å²) in [6.45, 7) is 4.09. The van der Waals surface area contributed by atoms with Crippen LogP contribution in [-0.4, -0.2) is 32.7 Å². The fourth-order valence-electron chi connectivity index (χ4n) is 2.62. The molecule has 1 aromatic heterocycles. The summed E-state index contributed by atoms with van der Waals surface area (Å²) < 4.78 is 5.18. The van der Waals surface area contributed by atoms with Crippen LogP contribution in [0.3, 0.4) is 0 Å². The first-order valence-electron chi connectivity index (χ1n) is 8.85. The summed E-state index contributed by atoms with van der Waals surface area (Å²) >= 11 is 0. The van der Waals surface area contributed by atoms with Crippen molar-refractivity contribution in [1.82, 2.24) is 15.0 Å². The van der Waals surface area contributed by atoms with Crippen LogP contribution in [0.25, 0.3) is 16.7 Å². The summed E-state index contributed by atoms with van der Waals surface area (Å²) in [4.78, 5) is 12.9. The molecular formula is C20H23N3O3. The van der Waals surface area contributed by atoms with Crippen LogP contribution in [-0.2, 0) is 16.0 Å². The maximum absolute atomic E-state index is 11.4. The highest BCUT2D eigenvalue weighted by Gasteiger charge is 2.10. The van der Waals surface area contributed by atoms with Crippen molar-refractivity contribution in [1.29, 1.82) is 0 Å². The van der Waals surface area contributed by atoms with Crippen molar-refractivity contribution >= 4 is 17.0 Å². The molecule has 0 aliphatic rings. The lowest BCUT2D eigenvalue weighted by molar-refractivity contribution is -0.147. The molecule has 0 atom stereocenters. The van der Waals surface area contributed by atoms with Crippen molar-refractivity contribution in [2.45, 2.75) is 33.1 Å². The topological polar surface area (TPSA) is 77.2 Å². The van der Waals surface area contributed by atoms with Crippen LogP contribution in [0.5, 0.6) is 5.75 Å². The zero-order valence-electron chi connectivity index (χ0n) is 15.1. The minimum absolute atomic E-state index is 0.0910. The van der Waals surface area contributed by atoms with Crippen molar-refractivity contribution in [2.24, 2.45) is 5.92 Å². The number of aryl methyl sites for hydroxylation is 1. The van der Waals surface area contributed by atoms with Crippen molar-refractivity contribution in [3.8, 4) is 11.4 Å². The molecule has 0 bridgehead atoms. The number of ether oxygens (including phenoxy) is 1. The lowest BCUT2D eigenvalue weighted by Gasteiger charge is -2.08. The van der Waals surface area contributed by atoms with E-state index in [-0.39, 0.29) is 17.6 Å². The molecule has 6 heteroatoms. The van der Waals surface area contributed by atoms with E-state index in [9.17, 15) is 9.90 Å². The maximum Gasteiger partial charge on any atom is 0.308 e. The number of aromatic nitrogens is 3. The molecule has 0 spiro atoms. The number of benzene rings is 2. The first kappa shape index (κ1) is 17.9. The Morgan fingerprint density at radius 1 is 1.12 bits per heavy atom. The van der Waals surface area contributed by atoms with Crippen molar-refractivity contribution in [3.05, 3.63) is 48.0 Å². The number of hydrogen-bond donors (Lipinski definition) is 1. The molecule has 0 saturated carbocycles. The van der Waals surface area contributed by atoms with Crippen LogP contribution >= 0.6 is 0 Å². The summed E-state index contributed by atoms with van der Waals surface area (Å²) in [5, 5.41) is 19.0. The standard InChI is InChI=1S/C20H23N3O3/c1-14(2)20(25)26-12-6-5-7-15-10-11-19(24)18(13-15)23-21-16-8-3-4-9-17(16)22-23/h3-4,8-11,13-14,24H,5-7,12H2,1-2H3. The average Bonchev–Trinajstić information content (AvgIpc) is 3.06. The van der Waals surface area contributed by atoms with Crippen LogP contribution in [0.4, 0.5) is 0 Å². The number of phenols is 1. The summed E-state index contributed by atoms with van der Waals surface area (Å²) in [6, 6.07) is 13.0. The Balaban J connectivity index is 1.63. The van der Waals surface area contributed by atoms with E-state index in [1.165, 1.54) is 4.80 Å². The second-order valence-corrected chi connectivity index (χ2v) is 6.58. The van der Waals surface area contributed by atoms with E-state index in [0.29, 0.717) is 12.3 Å². The molecule has 0 amide bonds. The number of esters is 1. The van der Waals surface area contributed by atoms with Gasteiger partial charge in [0.05, 0.1) is 12.5 Å². The molecule has 0 saturated heterocycles. The molecule has 1 N–H and O–H groups in total. The summed E-state index contributed by atoms with van der Waals surface area (Å²) in [6.07, 6.45) is 2.52. The predicted octanol–water partition coefficient (Wildman–Crippen LogP) is 3.65. The number of phenolic OH excluding ortho intramolecular Hbond substituents is 1. The van der Waals surface area contributed by atoms with Crippen molar-refractivity contribution in [2.75, 3.05) is 6.61 Å². The second kappa shape index (κ2) is 7.99. The Morgan fingerprint density at radius 2 is 1.81 bits per heavy atom. The fraction of sp³-hybridized carbons (Fsp3) is 0.350. The SMILES string of the molecule is CC(C)C(=O)OCCCCc1ccc(O)c(-n2nc3ccccc3n2)c1. The third-order valence-corrected chi connectivity index (χ3v) is 4.12. The summed E-state index contributed by atoms with van der Waals surface area (Å²) in [5.41, 5.74) is 3.20. The quantitative estimate of drug-likeness (QED) is 0.518. The van der Waals surface area contributed by atoms with Gasteiger partial charge in [-0.2, -0.15) is 0 Å². The van der Waals surface area contributed by atoms with E-state index in [1.54, 1.807) is 6.07 Å². The van der Waals surface area contributed by atoms with E-state index in [2.05, 4.69) is 10.2 Å². The lowest BCUT2D eigenvalue weighted by atomic mass is 10.1. The van der Waals surface area contributed by atoms with E-state index in [4.69, 9.17) is 4.74 Å². The van der Waals surface area contributed by atoms with Gasteiger partial charge in [0.1, 0.15) is 22.5 Å². The van der Waals surface area contributed by atoms with Gasteiger partial charge in [-0.15, -0.1) is 15.0 Å². The highest BCUT2D eigenvalue weighted by molar-refractivity contribution is 5.73. The van der Waals surface area contributed by atoms with Gasteiger partial charge in [0, 0.05) is 0 Å². The highest BCUT2D eigenvalue weighted by Crippen LogP contribution is 2.24. The third-order valence-electron chi connectivity index (χ3n) is 4.12. The van der Waals surface area contributed by atoms with Gasteiger partial charge in [0.25, 0.3) is 0 Å². The third kappa shape index (κ3) is 4.20. The normalized spacial score (nSPS) is 11.2. The highest BCUT2D eigenvalue weighted by atomic mass is 16.5. The number of fused-ring (bicyclic) bond motifs is 1. The molecule has 0 aliphatic carbocycles. The molecule has 0 radical (unpaired) electrons. The van der Waals surface area contributed by atoms with E-state index in [0.717, 1.165) is 35.9 Å². The molecule has 26 heavy (non-hydrogen) atoms. The molecule has 3 aromatic rings. The number of hydrogen-bond acceptors (Lipinski definition) is 5. The molecule has 2 aromatic carbocycles. The molecule has 1 heterocycles. The minimum Gasteiger partial charge on any atom is -0.506 e. The Labute approximate surface area is 152 Å². The number of unbranched alkanes of at least 4 members (excludes halogenated alkanes) is 1. The number of nitrogens with zero attached hydrogens (tertiary/aromatic N) is 3. The minimum atomic E-state index is -0.159.